The Morgan fingerprint density at radius 2 is 1.96 bits per heavy atom. The lowest BCUT2D eigenvalue weighted by Gasteiger charge is -2.41. The van der Waals surface area contributed by atoms with E-state index in [1.165, 1.54) is 5.56 Å². The van der Waals surface area contributed by atoms with Crippen molar-refractivity contribution in [3.63, 3.8) is 0 Å². The summed E-state index contributed by atoms with van der Waals surface area (Å²) in [4.78, 5) is 29.9. The zero-order chi connectivity index (χ0) is 18.0. The van der Waals surface area contributed by atoms with E-state index in [0.717, 1.165) is 18.5 Å². The van der Waals surface area contributed by atoms with Gasteiger partial charge >= 0.3 is 0 Å². The van der Waals surface area contributed by atoms with Crippen LogP contribution in [0.4, 0.5) is 0 Å². The van der Waals surface area contributed by atoms with Crippen LogP contribution in [0.25, 0.3) is 0 Å². The molecule has 1 aromatic carbocycles. The Hall–Kier alpha value is -1.59. The Labute approximate surface area is 162 Å². The molecule has 26 heavy (non-hydrogen) atoms. The molecule has 0 spiro atoms. The van der Waals surface area contributed by atoms with Crippen LogP contribution in [0.3, 0.4) is 0 Å². The second-order valence-electron chi connectivity index (χ2n) is 7.40. The van der Waals surface area contributed by atoms with Gasteiger partial charge < -0.3 is 15.1 Å². The number of benzene rings is 1. The number of rotatable bonds is 3. The van der Waals surface area contributed by atoms with Crippen molar-refractivity contribution < 1.29 is 9.59 Å². The number of hydrogen-bond acceptors (Lipinski definition) is 3. The summed E-state index contributed by atoms with van der Waals surface area (Å²) in [6.45, 7) is 8.85. The summed E-state index contributed by atoms with van der Waals surface area (Å²) in [5.41, 5.74) is 2.36. The highest BCUT2D eigenvalue weighted by Gasteiger charge is 2.38. The lowest BCUT2D eigenvalue weighted by molar-refractivity contribution is -0.149. The fourth-order valence-electron chi connectivity index (χ4n) is 3.78. The number of piperazine rings is 1. The molecule has 0 aliphatic carbocycles. The van der Waals surface area contributed by atoms with Gasteiger partial charge in [0.15, 0.2) is 0 Å². The quantitative estimate of drug-likeness (QED) is 0.876. The molecule has 1 saturated heterocycles. The minimum absolute atomic E-state index is 0. The Kier molecular flexibility index (Phi) is 7.07. The van der Waals surface area contributed by atoms with Gasteiger partial charge in [-0.3, -0.25) is 9.59 Å². The van der Waals surface area contributed by atoms with Crippen LogP contribution >= 0.6 is 12.4 Å². The molecule has 144 valence electrons. The highest BCUT2D eigenvalue weighted by atomic mass is 35.5. The number of carbonyl (C=O) groups is 2. The maximum Gasteiger partial charge on any atom is 0.245 e. The second-order valence-corrected chi connectivity index (χ2v) is 7.40. The molecule has 0 bridgehead atoms. The third-order valence-corrected chi connectivity index (χ3v) is 5.53. The predicted molar refractivity (Wildman–Crippen MR) is 105 cm³/mol. The smallest absolute Gasteiger partial charge is 0.245 e. The van der Waals surface area contributed by atoms with Crippen LogP contribution in [-0.2, 0) is 22.6 Å². The van der Waals surface area contributed by atoms with Gasteiger partial charge in [0, 0.05) is 44.6 Å². The first-order valence-corrected chi connectivity index (χ1v) is 9.40. The van der Waals surface area contributed by atoms with Crippen LogP contribution in [0.15, 0.2) is 24.3 Å². The normalized spacial score (nSPS) is 23.7. The SMILES string of the molecule is CCC(C)C(=O)N1Cc2ccccc2CC1C(=O)N1CCNC(C)C1.Cl. The molecular formula is C20H30ClN3O2. The lowest BCUT2D eigenvalue weighted by Crippen LogP contribution is -2.59. The largest absolute Gasteiger partial charge is 0.338 e. The summed E-state index contributed by atoms with van der Waals surface area (Å²) in [5, 5.41) is 3.37. The van der Waals surface area contributed by atoms with Gasteiger partial charge in [-0.1, -0.05) is 38.1 Å². The van der Waals surface area contributed by atoms with E-state index in [1.54, 1.807) is 0 Å². The average Bonchev–Trinajstić information content (AvgIpc) is 2.65. The number of fused-ring (bicyclic) bond motifs is 1. The van der Waals surface area contributed by atoms with Crippen molar-refractivity contribution in [1.29, 1.82) is 0 Å². The van der Waals surface area contributed by atoms with Gasteiger partial charge in [-0.15, -0.1) is 12.4 Å². The Balaban J connectivity index is 0.00000243. The van der Waals surface area contributed by atoms with Gasteiger partial charge in [0.2, 0.25) is 11.8 Å². The van der Waals surface area contributed by atoms with Gasteiger partial charge in [-0.2, -0.15) is 0 Å². The van der Waals surface area contributed by atoms with E-state index < -0.39 is 0 Å². The summed E-state index contributed by atoms with van der Waals surface area (Å²) in [5.74, 6) is 0.139. The Morgan fingerprint density at radius 3 is 2.62 bits per heavy atom. The molecule has 1 fully saturated rings. The molecule has 1 N–H and O–H groups in total. The lowest BCUT2D eigenvalue weighted by atomic mass is 9.91. The minimum Gasteiger partial charge on any atom is -0.338 e. The van der Waals surface area contributed by atoms with Crippen LogP contribution in [-0.4, -0.2) is 53.3 Å². The molecule has 0 radical (unpaired) electrons. The van der Waals surface area contributed by atoms with Gasteiger partial charge in [0.1, 0.15) is 6.04 Å². The molecule has 3 rings (SSSR count). The molecule has 5 nitrogen and oxygen atoms in total. The van der Waals surface area contributed by atoms with Crippen molar-refractivity contribution in [2.24, 2.45) is 5.92 Å². The molecule has 0 saturated carbocycles. The zero-order valence-electron chi connectivity index (χ0n) is 15.9. The van der Waals surface area contributed by atoms with Crippen molar-refractivity contribution in [3.8, 4) is 0 Å². The van der Waals surface area contributed by atoms with Crippen LogP contribution in [0.5, 0.6) is 0 Å². The molecule has 3 unspecified atom stereocenters. The molecule has 6 heteroatoms. The predicted octanol–water partition coefficient (Wildman–Crippen LogP) is 2.23. The maximum atomic E-state index is 13.2. The minimum atomic E-state index is -0.373. The first-order chi connectivity index (χ1) is 12.0. The van der Waals surface area contributed by atoms with Crippen molar-refractivity contribution in [1.82, 2.24) is 15.1 Å². The molecule has 2 heterocycles. The molecule has 3 atom stereocenters. The van der Waals surface area contributed by atoms with Crippen molar-refractivity contribution >= 4 is 24.2 Å². The van der Waals surface area contributed by atoms with E-state index in [4.69, 9.17) is 0 Å². The van der Waals surface area contributed by atoms with Crippen molar-refractivity contribution in [3.05, 3.63) is 35.4 Å². The Morgan fingerprint density at radius 1 is 1.27 bits per heavy atom. The third kappa shape index (κ3) is 4.21. The van der Waals surface area contributed by atoms with Crippen molar-refractivity contribution in [2.45, 2.75) is 52.2 Å². The first kappa shape index (κ1) is 20.7. The molecule has 1 aromatic rings. The van der Waals surface area contributed by atoms with Crippen molar-refractivity contribution in [2.75, 3.05) is 19.6 Å². The number of nitrogens with one attached hydrogen (secondary N) is 1. The summed E-state index contributed by atoms with van der Waals surface area (Å²) >= 11 is 0. The van der Waals surface area contributed by atoms with Gasteiger partial charge in [0.05, 0.1) is 0 Å². The first-order valence-electron chi connectivity index (χ1n) is 9.40. The van der Waals surface area contributed by atoms with Gasteiger partial charge in [-0.05, 0) is 24.5 Å². The highest BCUT2D eigenvalue weighted by molar-refractivity contribution is 5.89. The van der Waals surface area contributed by atoms with E-state index in [-0.39, 0.29) is 36.2 Å². The second kappa shape index (κ2) is 8.87. The van der Waals surface area contributed by atoms with Gasteiger partial charge in [0.25, 0.3) is 0 Å². The van der Waals surface area contributed by atoms with E-state index in [2.05, 4.69) is 24.4 Å². The van der Waals surface area contributed by atoms with Crippen LogP contribution in [0.1, 0.15) is 38.3 Å². The topological polar surface area (TPSA) is 52.7 Å². The average molecular weight is 380 g/mol. The number of nitrogens with zero attached hydrogens (tertiary/aromatic N) is 2. The highest BCUT2D eigenvalue weighted by Crippen LogP contribution is 2.26. The molecular weight excluding hydrogens is 350 g/mol. The summed E-state index contributed by atoms with van der Waals surface area (Å²) < 4.78 is 0. The summed E-state index contributed by atoms with van der Waals surface area (Å²) in [7, 11) is 0. The molecule has 2 aliphatic heterocycles. The van der Waals surface area contributed by atoms with E-state index >= 15 is 0 Å². The van der Waals surface area contributed by atoms with E-state index in [0.29, 0.717) is 32.1 Å². The number of halogens is 1. The van der Waals surface area contributed by atoms with Crippen LogP contribution in [0.2, 0.25) is 0 Å². The van der Waals surface area contributed by atoms with E-state index in [1.807, 2.05) is 35.8 Å². The number of carbonyl (C=O) groups excluding carboxylic acids is 2. The number of hydrogen-bond donors (Lipinski definition) is 1. The summed E-state index contributed by atoms with van der Waals surface area (Å²) in [6.07, 6.45) is 1.41. The fraction of sp³-hybridized carbons (Fsp3) is 0.600. The standard InChI is InChI=1S/C20H29N3O2.ClH/c1-4-14(2)19(24)23-13-17-8-6-5-7-16(17)11-18(23)20(25)22-10-9-21-15(3)12-22;/h5-8,14-15,18,21H,4,9-13H2,1-3H3;1H. The van der Waals surface area contributed by atoms with Crippen LogP contribution in [0, 0.1) is 5.92 Å². The van der Waals surface area contributed by atoms with E-state index in [9.17, 15) is 9.59 Å². The monoisotopic (exact) mass is 379 g/mol. The summed E-state index contributed by atoms with van der Waals surface area (Å²) in [6, 6.07) is 8.10. The third-order valence-electron chi connectivity index (χ3n) is 5.53. The Bertz CT molecular complexity index is 652. The molecule has 2 amide bonds. The van der Waals surface area contributed by atoms with Crippen LogP contribution < -0.4 is 5.32 Å². The molecule has 0 aromatic heterocycles. The zero-order valence-corrected chi connectivity index (χ0v) is 16.7. The number of amides is 2. The maximum absolute atomic E-state index is 13.2. The van der Waals surface area contributed by atoms with Gasteiger partial charge in [-0.25, -0.2) is 0 Å². The fourth-order valence-corrected chi connectivity index (χ4v) is 3.78. The molecule has 2 aliphatic rings.